The van der Waals surface area contributed by atoms with Gasteiger partial charge in [-0.2, -0.15) is 0 Å². The van der Waals surface area contributed by atoms with Gasteiger partial charge in [0.25, 0.3) is 0 Å². The normalized spacial score (nSPS) is 12.9. The van der Waals surface area contributed by atoms with Crippen LogP contribution in [0.25, 0.3) is 0 Å². The van der Waals surface area contributed by atoms with Gasteiger partial charge >= 0.3 is 17.9 Å². The Kier molecular flexibility index (Phi) is 10.4. The van der Waals surface area contributed by atoms with E-state index in [0.717, 1.165) is 5.56 Å². The summed E-state index contributed by atoms with van der Waals surface area (Å²) in [6, 6.07) is 5.70. The molecule has 0 heterocycles. The average molecular weight is 493 g/mol. The molecule has 0 bridgehead atoms. The highest BCUT2D eigenvalue weighted by atomic mass is 16.6. The molecule has 0 spiro atoms. The van der Waals surface area contributed by atoms with Gasteiger partial charge in [-0.05, 0) is 80.0 Å². The monoisotopic (exact) mass is 492 g/mol. The van der Waals surface area contributed by atoms with Crippen LogP contribution in [0.5, 0.6) is 0 Å². The second kappa shape index (κ2) is 12.2. The van der Waals surface area contributed by atoms with E-state index in [1.165, 1.54) is 0 Å². The number of carbonyl (C=O) groups excluding carboxylic acids is 4. The van der Waals surface area contributed by atoms with Crippen LogP contribution in [0.4, 0.5) is 0 Å². The molecule has 0 aromatic heterocycles. The van der Waals surface area contributed by atoms with Crippen molar-refractivity contribution in [3.05, 3.63) is 35.4 Å². The molecule has 1 rings (SSSR count). The summed E-state index contributed by atoms with van der Waals surface area (Å²) in [4.78, 5) is 49.6. The lowest BCUT2D eigenvalue weighted by molar-refractivity contribution is -0.165. The average Bonchev–Trinajstić information content (AvgIpc) is 2.63. The Hall–Kier alpha value is -2.94. The van der Waals surface area contributed by atoms with E-state index in [4.69, 9.17) is 14.2 Å². The van der Waals surface area contributed by atoms with Crippen LogP contribution in [0.3, 0.4) is 0 Å². The van der Waals surface area contributed by atoms with Gasteiger partial charge in [0.1, 0.15) is 22.8 Å². The third kappa shape index (κ3) is 13.5. The van der Waals surface area contributed by atoms with Crippen LogP contribution in [-0.4, -0.2) is 53.2 Å². The van der Waals surface area contributed by atoms with Crippen LogP contribution in [-0.2, 0) is 35.1 Å². The Morgan fingerprint density at radius 2 is 1.40 bits per heavy atom. The van der Waals surface area contributed by atoms with Crippen molar-refractivity contribution in [3.8, 4) is 0 Å². The molecular formula is C26H40N2O7. The summed E-state index contributed by atoms with van der Waals surface area (Å²) in [7, 11) is 0. The third-order valence-electron chi connectivity index (χ3n) is 3.99. The van der Waals surface area contributed by atoms with Crippen molar-refractivity contribution in [1.29, 1.82) is 0 Å². The second-order valence-electron chi connectivity index (χ2n) is 11.2. The maximum absolute atomic E-state index is 12.6. The Balaban J connectivity index is 2.74. The van der Waals surface area contributed by atoms with Crippen LogP contribution in [0, 0.1) is 0 Å². The van der Waals surface area contributed by atoms with Crippen molar-refractivity contribution >= 4 is 23.8 Å². The van der Waals surface area contributed by atoms with Crippen LogP contribution in [0.2, 0.25) is 0 Å². The zero-order valence-electron chi connectivity index (χ0n) is 22.4. The molecule has 0 fully saturated rings. The largest absolute Gasteiger partial charge is 0.460 e. The molecule has 0 radical (unpaired) electrons. The van der Waals surface area contributed by atoms with Crippen molar-refractivity contribution in [1.82, 2.24) is 10.6 Å². The third-order valence-corrected chi connectivity index (χ3v) is 3.99. The summed E-state index contributed by atoms with van der Waals surface area (Å²) in [5.74, 6) is -2.27. The minimum absolute atomic E-state index is 0.121. The van der Waals surface area contributed by atoms with E-state index in [9.17, 15) is 19.2 Å². The Morgan fingerprint density at radius 3 is 1.94 bits per heavy atom. The highest BCUT2D eigenvalue weighted by Crippen LogP contribution is 2.14. The standard InChI is InChI=1S/C26H40N2O7/c1-24(2,3)33-21(30)14-19(23(32)35-26(7,8)9)28-20(29)16-27-15-17-11-10-12-18(13-17)22(31)34-25(4,5)6/h10-13,19,27H,14-16H2,1-9H3,(H,28,29). The Morgan fingerprint density at radius 1 is 0.829 bits per heavy atom. The van der Waals surface area contributed by atoms with E-state index in [1.54, 1.807) is 80.5 Å². The molecule has 196 valence electrons. The minimum atomic E-state index is -1.19. The summed E-state index contributed by atoms with van der Waals surface area (Å²) < 4.78 is 16.0. The van der Waals surface area contributed by atoms with Crippen LogP contribution in [0.1, 0.15) is 84.7 Å². The van der Waals surface area contributed by atoms with E-state index in [2.05, 4.69) is 10.6 Å². The number of esters is 3. The lowest BCUT2D eigenvalue weighted by Gasteiger charge is -2.25. The first-order valence-electron chi connectivity index (χ1n) is 11.6. The van der Waals surface area contributed by atoms with Crippen LogP contribution in [0.15, 0.2) is 24.3 Å². The van der Waals surface area contributed by atoms with Gasteiger partial charge in [0.15, 0.2) is 0 Å². The molecular weight excluding hydrogens is 452 g/mol. The van der Waals surface area contributed by atoms with E-state index < -0.39 is 46.7 Å². The molecule has 9 heteroatoms. The maximum atomic E-state index is 12.6. The summed E-state index contributed by atoms with van der Waals surface area (Å²) in [6.07, 6.45) is -0.351. The van der Waals surface area contributed by atoms with Crippen molar-refractivity contribution in [2.45, 2.75) is 98.1 Å². The van der Waals surface area contributed by atoms with Gasteiger partial charge in [-0.1, -0.05) is 12.1 Å². The van der Waals surface area contributed by atoms with Crippen molar-refractivity contribution in [2.24, 2.45) is 0 Å². The zero-order chi connectivity index (χ0) is 27.0. The smallest absolute Gasteiger partial charge is 0.338 e. The molecule has 35 heavy (non-hydrogen) atoms. The Labute approximate surface area is 208 Å². The highest BCUT2D eigenvalue weighted by molar-refractivity contribution is 5.90. The molecule has 1 atom stereocenters. The first-order valence-corrected chi connectivity index (χ1v) is 11.6. The number of nitrogens with one attached hydrogen (secondary N) is 2. The fourth-order valence-electron chi connectivity index (χ4n) is 2.83. The predicted octanol–water partition coefficient (Wildman–Crippen LogP) is 3.29. The highest BCUT2D eigenvalue weighted by Gasteiger charge is 2.30. The number of hydrogen-bond acceptors (Lipinski definition) is 8. The van der Waals surface area contributed by atoms with Crippen molar-refractivity contribution in [2.75, 3.05) is 6.54 Å². The second-order valence-corrected chi connectivity index (χ2v) is 11.2. The molecule has 1 unspecified atom stereocenters. The molecule has 1 aromatic rings. The first kappa shape index (κ1) is 30.1. The van der Waals surface area contributed by atoms with Gasteiger partial charge in [0.05, 0.1) is 18.5 Å². The maximum Gasteiger partial charge on any atom is 0.338 e. The van der Waals surface area contributed by atoms with Gasteiger partial charge in [0, 0.05) is 6.54 Å². The Bertz CT molecular complexity index is 906. The summed E-state index contributed by atoms with van der Waals surface area (Å²) in [6.45, 7) is 15.8. The first-order chi connectivity index (χ1) is 15.8. The molecule has 0 saturated heterocycles. The lowest BCUT2D eigenvalue weighted by atomic mass is 10.1. The summed E-state index contributed by atoms with van der Waals surface area (Å²) in [5, 5.41) is 5.51. The topological polar surface area (TPSA) is 120 Å². The number of rotatable bonds is 9. The quantitative estimate of drug-likeness (QED) is 0.398. The van der Waals surface area contributed by atoms with Crippen molar-refractivity contribution in [3.63, 3.8) is 0 Å². The number of amides is 1. The predicted molar refractivity (Wildman–Crippen MR) is 132 cm³/mol. The number of hydrogen-bond donors (Lipinski definition) is 2. The molecule has 2 N–H and O–H groups in total. The van der Waals surface area contributed by atoms with Gasteiger partial charge in [-0.25, -0.2) is 9.59 Å². The molecule has 0 aliphatic carbocycles. The summed E-state index contributed by atoms with van der Waals surface area (Å²) >= 11 is 0. The van der Waals surface area contributed by atoms with E-state index in [-0.39, 0.29) is 13.0 Å². The van der Waals surface area contributed by atoms with Gasteiger partial charge < -0.3 is 24.8 Å². The fourth-order valence-corrected chi connectivity index (χ4v) is 2.83. The number of carbonyl (C=O) groups is 4. The molecule has 1 amide bonds. The van der Waals surface area contributed by atoms with Gasteiger partial charge in [-0.15, -0.1) is 0 Å². The minimum Gasteiger partial charge on any atom is -0.460 e. The van der Waals surface area contributed by atoms with E-state index in [0.29, 0.717) is 12.1 Å². The SMILES string of the molecule is CC(C)(C)OC(=O)CC(NC(=O)CNCc1cccc(C(=O)OC(C)(C)C)c1)C(=O)OC(C)(C)C. The molecule has 0 aliphatic heterocycles. The van der Waals surface area contributed by atoms with Crippen LogP contribution < -0.4 is 10.6 Å². The van der Waals surface area contributed by atoms with Crippen LogP contribution >= 0.6 is 0 Å². The number of ether oxygens (including phenoxy) is 3. The molecule has 0 aliphatic rings. The van der Waals surface area contributed by atoms with E-state index in [1.807, 2.05) is 6.07 Å². The van der Waals surface area contributed by atoms with Gasteiger partial charge in [-0.3, -0.25) is 9.59 Å². The molecule has 1 aromatic carbocycles. The zero-order valence-corrected chi connectivity index (χ0v) is 22.4. The van der Waals surface area contributed by atoms with Gasteiger partial charge in [0.2, 0.25) is 5.91 Å². The lowest BCUT2D eigenvalue weighted by Crippen LogP contribution is -2.48. The van der Waals surface area contributed by atoms with Crippen molar-refractivity contribution < 1.29 is 33.4 Å². The number of benzene rings is 1. The summed E-state index contributed by atoms with van der Waals surface area (Å²) in [5.41, 5.74) is -0.932. The van der Waals surface area contributed by atoms with E-state index >= 15 is 0 Å². The fraction of sp³-hybridized carbons (Fsp3) is 0.615. The molecule has 9 nitrogen and oxygen atoms in total. The molecule has 0 saturated carbocycles.